The van der Waals surface area contributed by atoms with E-state index in [2.05, 4.69) is 0 Å². The SMILES string of the molecule is Cc1ccoc1C(=O)N1CCC(Oc2cccc(F)c2)C1. The molecular weight excluding hydrogens is 273 g/mol. The molecule has 1 atom stereocenters. The van der Waals surface area contributed by atoms with Gasteiger partial charge in [-0.1, -0.05) is 6.07 Å². The van der Waals surface area contributed by atoms with Gasteiger partial charge in [-0.05, 0) is 25.1 Å². The molecule has 5 heteroatoms. The number of hydrogen-bond acceptors (Lipinski definition) is 3. The van der Waals surface area contributed by atoms with E-state index in [0.717, 1.165) is 12.0 Å². The van der Waals surface area contributed by atoms with Gasteiger partial charge in [0.15, 0.2) is 5.76 Å². The minimum absolute atomic E-state index is 0.119. The van der Waals surface area contributed by atoms with E-state index < -0.39 is 0 Å². The van der Waals surface area contributed by atoms with E-state index in [-0.39, 0.29) is 17.8 Å². The lowest BCUT2D eigenvalue weighted by molar-refractivity contribution is 0.0740. The number of aryl methyl sites for hydroxylation is 1. The van der Waals surface area contributed by atoms with Crippen molar-refractivity contribution in [2.45, 2.75) is 19.4 Å². The van der Waals surface area contributed by atoms with Crippen LogP contribution in [0.2, 0.25) is 0 Å². The van der Waals surface area contributed by atoms with Crippen LogP contribution in [0.1, 0.15) is 22.5 Å². The molecule has 1 aliphatic rings. The van der Waals surface area contributed by atoms with E-state index in [1.807, 2.05) is 6.92 Å². The zero-order chi connectivity index (χ0) is 14.8. The van der Waals surface area contributed by atoms with Gasteiger partial charge in [0.1, 0.15) is 17.7 Å². The fourth-order valence-electron chi connectivity index (χ4n) is 2.48. The summed E-state index contributed by atoms with van der Waals surface area (Å²) in [6.45, 7) is 2.93. The van der Waals surface area contributed by atoms with Gasteiger partial charge in [0.25, 0.3) is 5.91 Å². The van der Waals surface area contributed by atoms with Gasteiger partial charge in [0, 0.05) is 24.6 Å². The predicted octanol–water partition coefficient (Wildman–Crippen LogP) is 3.02. The molecule has 1 saturated heterocycles. The second-order valence-electron chi connectivity index (χ2n) is 5.17. The Morgan fingerprint density at radius 1 is 1.43 bits per heavy atom. The molecule has 0 aliphatic carbocycles. The van der Waals surface area contributed by atoms with Crippen LogP contribution in [0.4, 0.5) is 4.39 Å². The number of likely N-dealkylation sites (tertiary alicyclic amines) is 1. The predicted molar refractivity (Wildman–Crippen MR) is 74.8 cm³/mol. The highest BCUT2D eigenvalue weighted by atomic mass is 19.1. The molecular formula is C16H16FNO3. The van der Waals surface area contributed by atoms with Crippen molar-refractivity contribution in [1.29, 1.82) is 0 Å². The Balaban J connectivity index is 1.63. The van der Waals surface area contributed by atoms with Crippen LogP contribution in [0.3, 0.4) is 0 Å². The highest BCUT2D eigenvalue weighted by molar-refractivity contribution is 5.93. The normalized spacial score (nSPS) is 18.0. The highest BCUT2D eigenvalue weighted by Gasteiger charge is 2.30. The standard InChI is InChI=1S/C16H16FNO3/c1-11-6-8-20-15(11)16(19)18-7-5-14(10-18)21-13-4-2-3-12(17)9-13/h2-4,6,8-9,14H,5,7,10H2,1H3. The number of amides is 1. The number of benzene rings is 1. The summed E-state index contributed by atoms with van der Waals surface area (Å²) in [5.74, 6) is 0.414. The molecule has 110 valence electrons. The van der Waals surface area contributed by atoms with E-state index in [4.69, 9.17) is 9.15 Å². The second kappa shape index (κ2) is 5.60. The largest absolute Gasteiger partial charge is 0.488 e. The Morgan fingerprint density at radius 3 is 3.00 bits per heavy atom. The molecule has 0 spiro atoms. The van der Waals surface area contributed by atoms with E-state index in [1.165, 1.54) is 18.4 Å². The topological polar surface area (TPSA) is 42.7 Å². The van der Waals surface area contributed by atoms with Crippen LogP contribution in [0, 0.1) is 12.7 Å². The van der Waals surface area contributed by atoms with Gasteiger partial charge in [0.2, 0.25) is 0 Å². The molecule has 3 rings (SSSR count). The molecule has 0 N–H and O–H groups in total. The summed E-state index contributed by atoms with van der Waals surface area (Å²) in [6.07, 6.45) is 2.12. The minimum Gasteiger partial charge on any atom is -0.488 e. The lowest BCUT2D eigenvalue weighted by atomic mass is 10.2. The maximum atomic E-state index is 13.1. The molecule has 1 unspecified atom stereocenters. The number of rotatable bonds is 3. The van der Waals surface area contributed by atoms with Crippen molar-refractivity contribution >= 4 is 5.91 Å². The molecule has 21 heavy (non-hydrogen) atoms. The first-order chi connectivity index (χ1) is 10.1. The van der Waals surface area contributed by atoms with Gasteiger partial charge in [0.05, 0.1) is 12.8 Å². The molecule has 1 aliphatic heterocycles. The van der Waals surface area contributed by atoms with Crippen molar-refractivity contribution in [3.8, 4) is 5.75 Å². The van der Waals surface area contributed by atoms with Crippen molar-refractivity contribution in [2.24, 2.45) is 0 Å². The average Bonchev–Trinajstić information content (AvgIpc) is 3.07. The summed E-state index contributed by atoms with van der Waals surface area (Å²) in [6, 6.07) is 7.81. The summed E-state index contributed by atoms with van der Waals surface area (Å²) in [5, 5.41) is 0. The first-order valence-electron chi connectivity index (χ1n) is 6.89. The summed E-state index contributed by atoms with van der Waals surface area (Å²) in [5.41, 5.74) is 0.828. The molecule has 0 bridgehead atoms. The molecule has 1 aromatic carbocycles. The maximum Gasteiger partial charge on any atom is 0.289 e. The van der Waals surface area contributed by atoms with Crippen molar-refractivity contribution in [3.05, 3.63) is 53.7 Å². The fourth-order valence-corrected chi connectivity index (χ4v) is 2.48. The Morgan fingerprint density at radius 2 is 2.29 bits per heavy atom. The van der Waals surface area contributed by atoms with Crippen molar-refractivity contribution in [3.63, 3.8) is 0 Å². The molecule has 1 amide bonds. The van der Waals surface area contributed by atoms with Crippen LogP contribution in [0.5, 0.6) is 5.75 Å². The number of carbonyl (C=O) groups is 1. The lowest BCUT2D eigenvalue weighted by Gasteiger charge is -2.16. The second-order valence-corrected chi connectivity index (χ2v) is 5.17. The van der Waals surface area contributed by atoms with E-state index in [1.54, 1.807) is 23.1 Å². The van der Waals surface area contributed by atoms with Gasteiger partial charge in [-0.2, -0.15) is 0 Å². The summed E-state index contributed by atoms with van der Waals surface area (Å²) in [4.78, 5) is 14.0. The Kier molecular flexibility index (Phi) is 3.64. The van der Waals surface area contributed by atoms with Crippen LogP contribution in [0.25, 0.3) is 0 Å². The number of hydrogen-bond donors (Lipinski definition) is 0. The molecule has 2 aromatic rings. The Bertz CT molecular complexity index is 652. The Hall–Kier alpha value is -2.30. The lowest BCUT2D eigenvalue weighted by Crippen LogP contribution is -2.31. The zero-order valence-electron chi connectivity index (χ0n) is 11.7. The zero-order valence-corrected chi connectivity index (χ0v) is 11.7. The van der Waals surface area contributed by atoms with Gasteiger partial charge in [-0.15, -0.1) is 0 Å². The highest BCUT2D eigenvalue weighted by Crippen LogP contribution is 2.21. The van der Waals surface area contributed by atoms with Crippen molar-refractivity contribution in [2.75, 3.05) is 13.1 Å². The molecule has 4 nitrogen and oxygen atoms in total. The third-order valence-corrected chi connectivity index (χ3v) is 3.59. The number of furan rings is 1. The summed E-state index contributed by atoms with van der Waals surface area (Å²) < 4.78 is 24.1. The first kappa shape index (κ1) is 13.7. The van der Waals surface area contributed by atoms with Crippen LogP contribution in [-0.2, 0) is 0 Å². The van der Waals surface area contributed by atoms with Crippen LogP contribution < -0.4 is 4.74 Å². The van der Waals surface area contributed by atoms with Crippen molar-refractivity contribution in [1.82, 2.24) is 4.90 Å². The third kappa shape index (κ3) is 2.91. The minimum atomic E-state index is -0.329. The van der Waals surface area contributed by atoms with Crippen LogP contribution in [0.15, 0.2) is 41.0 Å². The first-order valence-corrected chi connectivity index (χ1v) is 6.89. The average molecular weight is 289 g/mol. The van der Waals surface area contributed by atoms with Crippen LogP contribution >= 0.6 is 0 Å². The number of carbonyl (C=O) groups excluding carboxylic acids is 1. The van der Waals surface area contributed by atoms with Crippen molar-refractivity contribution < 1.29 is 18.3 Å². The van der Waals surface area contributed by atoms with Gasteiger partial charge in [-0.3, -0.25) is 4.79 Å². The molecule has 0 radical (unpaired) electrons. The van der Waals surface area contributed by atoms with Gasteiger partial charge < -0.3 is 14.1 Å². The molecule has 0 saturated carbocycles. The third-order valence-electron chi connectivity index (χ3n) is 3.59. The molecule has 1 aromatic heterocycles. The number of halogens is 1. The van der Waals surface area contributed by atoms with E-state index in [0.29, 0.717) is 24.6 Å². The summed E-state index contributed by atoms with van der Waals surface area (Å²) in [7, 11) is 0. The monoisotopic (exact) mass is 289 g/mol. The molecule has 2 heterocycles. The van der Waals surface area contributed by atoms with Gasteiger partial charge >= 0.3 is 0 Å². The summed E-state index contributed by atoms with van der Waals surface area (Å²) >= 11 is 0. The van der Waals surface area contributed by atoms with E-state index in [9.17, 15) is 9.18 Å². The number of ether oxygens (including phenoxy) is 1. The van der Waals surface area contributed by atoms with E-state index >= 15 is 0 Å². The quantitative estimate of drug-likeness (QED) is 0.872. The smallest absolute Gasteiger partial charge is 0.289 e. The fraction of sp³-hybridized carbons (Fsp3) is 0.312. The maximum absolute atomic E-state index is 13.1. The van der Waals surface area contributed by atoms with Crippen LogP contribution in [-0.4, -0.2) is 30.0 Å². The Labute approximate surface area is 122 Å². The van der Waals surface area contributed by atoms with Gasteiger partial charge in [-0.25, -0.2) is 4.39 Å². The molecule has 1 fully saturated rings. The number of nitrogens with zero attached hydrogens (tertiary/aromatic N) is 1.